The third-order valence-electron chi connectivity index (χ3n) is 7.78. The maximum absolute atomic E-state index is 13.9. The number of alkyl halides is 3. The highest BCUT2D eigenvalue weighted by Crippen LogP contribution is 2.56. The predicted octanol–water partition coefficient (Wildman–Crippen LogP) is 5.53. The van der Waals surface area contributed by atoms with Crippen LogP contribution < -0.4 is 10.0 Å². The van der Waals surface area contributed by atoms with Gasteiger partial charge in [0.1, 0.15) is 11.1 Å². The van der Waals surface area contributed by atoms with Gasteiger partial charge in [-0.25, -0.2) is 9.78 Å². The molecule has 1 fully saturated rings. The molecule has 5 aromatic rings. The number of benzene rings is 3. The second-order valence-electron chi connectivity index (χ2n) is 11.0. The first-order valence-electron chi connectivity index (χ1n) is 14.0. The standard InChI is InChI=1S/C31H28F3N5O6S/c1-39-16-20(19-6-2-5-9-24(19)39)27(45-30(42)31(32,33)34)29(41)37-23(28-35-21-7-3-4-8-22(21)36-28)14-17-10-12-18(13-11-17)25-15-26(40)38-46(25,43)44/h2-13,16,23,25,27,43-44H,14-15H2,1H3,(H,35,36)(H,37,41)(H,38,40)/t23-,25?,27?/m0/s1. The molecule has 1 aliphatic heterocycles. The third kappa shape index (κ3) is 6.16. The number of ether oxygens (including phenoxy) is 1. The molecular weight excluding hydrogens is 627 g/mol. The molecule has 0 saturated carbocycles. The number of para-hydroxylation sites is 3. The Hall–Kier alpha value is -4.86. The highest BCUT2D eigenvalue weighted by Gasteiger charge is 2.44. The van der Waals surface area contributed by atoms with Crippen LogP contribution in [-0.2, 0) is 32.6 Å². The minimum absolute atomic E-state index is 0.0691. The van der Waals surface area contributed by atoms with Gasteiger partial charge in [0, 0.05) is 29.7 Å². The number of H-pyrrole nitrogens is 1. The summed E-state index contributed by atoms with van der Waals surface area (Å²) >= 11 is 0. The van der Waals surface area contributed by atoms with E-state index in [1.807, 2.05) is 0 Å². The molecule has 0 radical (unpaired) electrons. The molecule has 15 heteroatoms. The van der Waals surface area contributed by atoms with Gasteiger partial charge >= 0.3 is 12.1 Å². The molecule has 6 rings (SSSR count). The summed E-state index contributed by atoms with van der Waals surface area (Å²) in [4.78, 5) is 45.5. The quantitative estimate of drug-likeness (QED) is 0.138. The van der Waals surface area contributed by atoms with Crippen molar-refractivity contribution in [1.29, 1.82) is 0 Å². The van der Waals surface area contributed by atoms with Gasteiger partial charge in [-0.15, -0.1) is 10.8 Å². The number of esters is 1. The van der Waals surface area contributed by atoms with Gasteiger partial charge in [0.25, 0.3) is 5.91 Å². The lowest BCUT2D eigenvalue weighted by Gasteiger charge is -2.32. The monoisotopic (exact) mass is 655 g/mol. The average Bonchev–Trinajstić information content (AvgIpc) is 3.67. The van der Waals surface area contributed by atoms with Gasteiger partial charge < -0.3 is 19.6 Å². The number of fused-ring (bicyclic) bond motifs is 2. The Labute approximate surface area is 261 Å². The predicted molar refractivity (Wildman–Crippen MR) is 163 cm³/mol. The van der Waals surface area contributed by atoms with Crippen LogP contribution >= 0.6 is 10.8 Å². The van der Waals surface area contributed by atoms with Crippen LogP contribution in [0.3, 0.4) is 0 Å². The molecule has 0 aliphatic carbocycles. The molecule has 2 unspecified atom stereocenters. The summed E-state index contributed by atoms with van der Waals surface area (Å²) in [5.41, 5.74) is 3.09. The smallest absolute Gasteiger partial charge is 0.441 e. The molecule has 11 nitrogen and oxygen atoms in total. The van der Waals surface area contributed by atoms with E-state index >= 15 is 0 Å². The number of aromatic amines is 1. The maximum atomic E-state index is 13.9. The van der Waals surface area contributed by atoms with E-state index in [0.29, 0.717) is 38.9 Å². The number of amides is 2. The molecule has 46 heavy (non-hydrogen) atoms. The average molecular weight is 656 g/mol. The van der Waals surface area contributed by atoms with Crippen molar-refractivity contribution in [2.24, 2.45) is 7.05 Å². The fourth-order valence-corrected chi connectivity index (χ4v) is 7.07. The van der Waals surface area contributed by atoms with Gasteiger partial charge in [0.05, 0.1) is 23.5 Å². The van der Waals surface area contributed by atoms with Gasteiger partial charge in [-0.3, -0.25) is 23.4 Å². The molecule has 2 amide bonds. The van der Waals surface area contributed by atoms with E-state index in [1.165, 1.54) is 6.20 Å². The zero-order chi connectivity index (χ0) is 32.8. The summed E-state index contributed by atoms with van der Waals surface area (Å²) in [5, 5.41) is 2.35. The number of carbonyl (C=O) groups is 3. The van der Waals surface area contributed by atoms with Crippen LogP contribution in [-0.4, -0.2) is 47.6 Å². The molecule has 1 saturated heterocycles. The molecule has 3 atom stereocenters. The first-order valence-corrected chi connectivity index (χ1v) is 15.6. The minimum atomic E-state index is -5.34. The van der Waals surface area contributed by atoms with Gasteiger partial charge in [0.15, 0.2) is 0 Å². The molecule has 0 bridgehead atoms. The fraction of sp³-hybridized carbons (Fsp3) is 0.226. The van der Waals surface area contributed by atoms with Crippen molar-refractivity contribution >= 4 is 50.5 Å². The Kier molecular flexibility index (Phi) is 8.00. The summed E-state index contributed by atoms with van der Waals surface area (Å²) < 4.78 is 69.3. The topological polar surface area (TPSA) is 159 Å². The van der Waals surface area contributed by atoms with E-state index in [0.717, 1.165) is 0 Å². The number of aromatic nitrogens is 3. The molecule has 3 heterocycles. The Balaban J connectivity index is 1.34. The van der Waals surface area contributed by atoms with E-state index < -0.39 is 52.1 Å². The number of nitrogens with zero attached hydrogens (tertiary/aromatic N) is 2. The lowest BCUT2D eigenvalue weighted by atomic mass is 10.0. The maximum Gasteiger partial charge on any atom is 0.490 e. The zero-order valence-corrected chi connectivity index (χ0v) is 24.9. The number of aryl methyl sites for hydroxylation is 1. The molecule has 240 valence electrons. The molecular formula is C31H28F3N5O6S. The molecule has 1 aliphatic rings. The van der Waals surface area contributed by atoms with E-state index in [1.54, 1.807) is 84.4 Å². The van der Waals surface area contributed by atoms with Gasteiger partial charge in [-0.05, 0) is 35.7 Å². The van der Waals surface area contributed by atoms with Crippen molar-refractivity contribution in [3.05, 3.63) is 102 Å². The summed E-state index contributed by atoms with van der Waals surface area (Å²) in [6, 6.07) is 19.5. The summed E-state index contributed by atoms with van der Waals surface area (Å²) in [5.74, 6) is -3.69. The number of rotatable bonds is 8. The lowest BCUT2D eigenvalue weighted by Crippen LogP contribution is -2.38. The highest BCUT2D eigenvalue weighted by atomic mass is 32.3. The van der Waals surface area contributed by atoms with Crippen molar-refractivity contribution in [2.75, 3.05) is 0 Å². The third-order valence-corrected chi connectivity index (χ3v) is 9.54. The van der Waals surface area contributed by atoms with E-state index in [4.69, 9.17) is 4.74 Å². The second-order valence-corrected chi connectivity index (χ2v) is 12.9. The number of halogens is 3. The van der Waals surface area contributed by atoms with E-state index in [2.05, 4.69) is 20.0 Å². The number of carbonyl (C=O) groups excluding carboxylic acids is 3. The Morgan fingerprint density at radius 3 is 2.46 bits per heavy atom. The van der Waals surface area contributed by atoms with Crippen molar-refractivity contribution in [1.82, 2.24) is 24.6 Å². The summed E-state index contributed by atoms with van der Waals surface area (Å²) in [6.07, 6.45) is -5.84. The first kappa shape index (κ1) is 31.1. The van der Waals surface area contributed by atoms with Crippen molar-refractivity contribution in [3.8, 4) is 0 Å². The van der Waals surface area contributed by atoms with Crippen molar-refractivity contribution < 1.29 is 41.4 Å². The Bertz CT molecular complexity index is 1920. The Morgan fingerprint density at radius 2 is 1.78 bits per heavy atom. The highest BCUT2D eigenvalue weighted by molar-refractivity contribution is 8.23. The first-order chi connectivity index (χ1) is 21.8. The van der Waals surface area contributed by atoms with Crippen LogP contribution in [0.1, 0.15) is 46.3 Å². The molecule has 3 aromatic carbocycles. The van der Waals surface area contributed by atoms with Gasteiger partial charge in [-0.2, -0.15) is 13.2 Å². The zero-order valence-electron chi connectivity index (χ0n) is 24.1. The van der Waals surface area contributed by atoms with Gasteiger partial charge in [-0.1, -0.05) is 54.6 Å². The van der Waals surface area contributed by atoms with Crippen molar-refractivity contribution in [3.63, 3.8) is 0 Å². The Morgan fingerprint density at radius 1 is 1.09 bits per heavy atom. The number of nitrogens with one attached hydrogen (secondary N) is 3. The van der Waals surface area contributed by atoms with Crippen LogP contribution in [0.15, 0.2) is 79.0 Å². The van der Waals surface area contributed by atoms with Crippen LogP contribution in [0.5, 0.6) is 0 Å². The largest absolute Gasteiger partial charge is 0.490 e. The number of imidazole rings is 1. The van der Waals surface area contributed by atoms with Crippen LogP contribution in [0, 0.1) is 0 Å². The molecule has 0 spiro atoms. The van der Waals surface area contributed by atoms with Gasteiger partial charge in [0.2, 0.25) is 12.0 Å². The van der Waals surface area contributed by atoms with Crippen molar-refractivity contribution in [2.45, 2.75) is 36.4 Å². The fourth-order valence-electron chi connectivity index (χ4n) is 5.59. The second kappa shape index (κ2) is 11.8. The van der Waals surface area contributed by atoms with Crippen LogP contribution in [0.25, 0.3) is 21.9 Å². The summed E-state index contributed by atoms with van der Waals surface area (Å²) in [7, 11) is -1.71. The van der Waals surface area contributed by atoms with Crippen LogP contribution in [0.4, 0.5) is 13.2 Å². The number of hydrogen-bond acceptors (Lipinski definition) is 7. The minimum Gasteiger partial charge on any atom is -0.441 e. The normalized spacial score (nSPS) is 18.2. The molecule has 5 N–H and O–H groups in total. The SMILES string of the molecule is Cn1cc(C(OC(=O)C(F)(F)F)C(=O)N[C@@H](Cc2ccc(C3CC(=O)NS3(O)O)cc2)c2nc3ccccc3[nH]2)c2ccccc21. The number of hydrogen-bond donors (Lipinski definition) is 5. The van der Waals surface area contributed by atoms with E-state index in [9.17, 15) is 36.7 Å². The van der Waals surface area contributed by atoms with Crippen LogP contribution in [0.2, 0.25) is 0 Å². The lowest BCUT2D eigenvalue weighted by molar-refractivity contribution is -0.205. The van der Waals surface area contributed by atoms with E-state index in [-0.39, 0.29) is 18.4 Å². The molecule has 2 aromatic heterocycles. The summed E-state index contributed by atoms with van der Waals surface area (Å²) in [6.45, 7) is 0.